The van der Waals surface area contributed by atoms with Gasteiger partial charge in [0.25, 0.3) is 0 Å². The van der Waals surface area contributed by atoms with E-state index in [4.69, 9.17) is 0 Å². The minimum absolute atomic E-state index is 0.355. The Morgan fingerprint density at radius 1 is 1.08 bits per heavy atom. The Balaban J connectivity index is 2.30. The van der Waals surface area contributed by atoms with Gasteiger partial charge in [-0.15, -0.1) is 0 Å². The lowest BCUT2D eigenvalue weighted by atomic mass is 9.80. The van der Waals surface area contributed by atoms with Crippen LogP contribution in [0.4, 0.5) is 13.2 Å². The second-order valence-electron chi connectivity index (χ2n) is 4.05. The smallest absolute Gasteiger partial charge is 0.171 e. The second kappa shape index (κ2) is 4.34. The first-order valence-electron chi connectivity index (χ1n) is 5.10. The molecule has 0 aliphatic heterocycles. The molecule has 1 rings (SSSR count). The van der Waals surface area contributed by atoms with Crippen LogP contribution in [0.25, 0.3) is 0 Å². The Hall–Kier alpha value is -0.210. The first-order valence-corrected chi connectivity index (χ1v) is 5.10. The van der Waals surface area contributed by atoms with Gasteiger partial charge in [0.05, 0.1) is 5.92 Å². The van der Waals surface area contributed by atoms with Gasteiger partial charge in [-0.3, -0.25) is 0 Å². The van der Waals surface area contributed by atoms with Gasteiger partial charge >= 0.3 is 6.18 Å². The van der Waals surface area contributed by atoms with Crippen molar-refractivity contribution >= 4 is 0 Å². The highest BCUT2D eigenvalue weighted by molar-refractivity contribution is 4.76. The molecule has 1 fully saturated rings. The maximum Gasteiger partial charge on any atom is 0.391 e. The van der Waals surface area contributed by atoms with E-state index in [2.05, 4.69) is 6.92 Å². The van der Waals surface area contributed by atoms with E-state index in [1.807, 2.05) is 0 Å². The van der Waals surface area contributed by atoms with Gasteiger partial charge in [0.2, 0.25) is 0 Å². The molecule has 0 nitrogen and oxygen atoms in total. The monoisotopic (exact) mass is 194 g/mol. The maximum atomic E-state index is 12.3. The SMILES string of the molecule is CCC[C@H]1CC[C@H](C(F)(F)F)CC1. The average molecular weight is 194 g/mol. The number of alkyl halides is 3. The molecule has 0 aromatic rings. The first kappa shape index (κ1) is 10.9. The Morgan fingerprint density at radius 2 is 1.62 bits per heavy atom. The van der Waals surface area contributed by atoms with Crippen molar-refractivity contribution in [2.45, 2.75) is 51.6 Å². The average Bonchev–Trinajstić information content (AvgIpc) is 2.04. The second-order valence-corrected chi connectivity index (χ2v) is 4.05. The molecule has 0 aromatic heterocycles. The Morgan fingerprint density at radius 3 is 2.00 bits per heavy atom. The van der Waals surface area contributed by atoms with Crippen molar-refractivity contribution in [3.05, 3.63) is 0 Å². The quantitative estimate of drug-likeness (QED) is 0.619. The number of hydrogen-bond donors (Lipinski definition) is 0. The van der Waals surface area contributed by atoms with E-state index in [-0.39, 0.29) is 0 Å². The first-order chi connectivity index (χ1) is 6.04. The van der Waals surface area contributed by atoms with Crippen molar-refractivity contribution in [3.8, 4) is 0 Å². The van der Waals surface area contributed by atoms with E-state index >= 15 is 0 Å². The van der Waals surface area contributed by atoms with Crippen LogP contribution < -0.4 is 0 Å². The van der Waals surface area contributed by atoms with Crippen LogP contribution in [0.2, 0.25) is 0 Å². The molecular weight excluding hydrogens is 177 g/mol. The van der Waals surface area contributed by atoms with Crippen LogP contribution in [-0.4, -0.2) is 6.18 Å². The molecule has 0 unspecified atom stereocenters. The molecule has 0 spiro atoms. The van der Waals surface area contributed by atoms with Crippen LogP contribution in [0, 0.1) is 11.8 Å². The summed E-state index contributed by atoms with van der Waals surface area (Å²) < 4.78 is 36.8. The van der Waals surface area contributed by atoms with E-state index in [9.17, 15) is 13.2 Å². The Kier molecular flexibility index (Phi) is 3.63. The van der Waals surface area contributed by atoms with Crippen molar-refractivity contribution in [3.63, 3.8) is 0 Å². The van der Waals surface area contributed by atoms with Gasteiger partial charge in [0.1, 0.15) is 0 Å². The molecule has 78 valence electrons. The van der Waals surface area contributed by atoms with Gasteiger partial charge in [-0.25, -0.2) is 0 Å². The van der Waals surface area contributed by atoms with Crippen molar-refractivity contribution in [2.24, 2.45) is 11.8 Å². The molecule has 0 aromatic carbocycles. The van der Waals surface area contributed by atoms with E-state index in [0.717, 1.165) is 25.7 Å². The van der Waals surface area contributed by atoms with Gasteiger partial charge < -0.3 is 0 Å². The lowest BCUT2D eigenvalue weighted by Gasteiger charge is -2.29. The summed E-state index contributed by atoms with van der Waals surface area (Å²) in [7, 11) is 0. The highest BCUT2D eigenvalue weighted by atomic mass is 19.4. The summed E-state index contributed by atoms with van der Waals surface area (Å²) in [6.45, 7) is 2.09. The van der Waals surface area contributed by atoms with Crippen LogP contribution >= 0.6 is 0 Å². The summed E-state index contributed by atoms with van der Waals surface area (Å²) in [5.74, 6) is -0.454. The van der Waals surface area contributed by atoms with Crippen molar-refractivity contribution < 1.29 is 13.2 Å². The fourth-order valence-electron chi connectivity index (χ4n) is 2.19. The van der Waals surface area contributed by atoms with Gasteiger partial charge in [0.15, 0.2) is 0 Å². The maximum absolute atomic E-state index is 12.3. The molecule has 0 saturated heterocycles. The van der Waals surface area contributed by atoms with Gasteiger partial charge in [-0.05, 0) is 31.6 Å². The number of hydrogen-bond acceptors (Lipinski definition) is 0. The molecular formula is C10H17F3. The molecule has 1 aliphatic rings. The van der Waals surface area contributed by atoms with Crippen molar-refractivity contribution in [1.29, 1.82) is 0 Å². The van der Waals surface area contributed by atoms with Crippen LogP contribution in [0.5, 0.6) is 0 Å². The standard InChI is InChI=1S/C10H17F3/c1-2-3-8-4-6-9(7-5-8)10(11,12)13/h8-9H,2-7H2,1H3/t8-,9-. The lowest BCUT2D eigenvalue weighted by molar-refractivity contribution is -0.184. The third-order valence-corrected chi connectivity index (χ3v) is 3.01. The molecule has 0 heterocycles. The number of rotatable bonds is 2. The zero-order valence-electron chi connectivity index (χ0n) is 8.03. The fraction of sp³-hybridized carbons (Fsp3) is 1.00. The van der Waals surface area contributed by atoms with Gasteiger partial charge in [0, 0.05) is 0 Å². The van der Waals surface area contributed by atoms with Crippen LogP contribution in [-0.2, 0) is 0 Å². The molecule has 1 aliphatic carbocycles. The number of halogens is 3. The van der Waals surface area contributed by atoms with Crippen LogP contribution in [0.1, 0.15) is 45.4 Å². The zero-order valence-corrected chi connectivity index (χ0v) is 8.03. The zero-order chi connectivity index (χ0) is 9.90. The summed E-state index contributed by atoms with van der Waals surface area (Å²) in [5.41, 5.74) is 0. The summed E-state index contributed by atoms with van der Waals surface area (Å²) >= 11 is 0. The summed E-state index contributed by atoms with van der Waals surface area (Å²) in [4.78, 5) is 0. The molecule has 0 bridgehead atoms. The normalized spacial score (nSPS) is 30.5. The minimum Gasteiger partial charge on any atom is -0.171 e. The molecule has 13 heavy (non-hydrogen) atoms. The molecule has 0 radical (unpaired) electrons. The summed E-state index contributed by atoms with van der Waals surface area (Å²) in [5, 5.41) is 0. The van der Waals surface area contributed by atoms with Crippen LogP contribution in [0.15, 0.2) is 0 Å². The predicted octanol–water partition coefficient (Wildman–Crippen LogP) is 4.16. The van der Waals surface area contributed by atoms with Crippen molar-refractivity contribution in [2.75, 3.05) is 0 Å². The van der Waals surface area contributed by atoms with E-state index in [1.165, 1.54) is 0 Å². The van der Waals surface area contributed by atoms with Gasteiger partial charge in [-0.2, -0.15) is 13.2 Å². The molecule has 0 amide bonds. The van der Waals surface area contributed by atoms with E-state index < -0.39 is 12.1 Å². The minimum atomic E-state index is -3.95. The Labute approximate surface area is 77.5 Å². The van der Waals surface area contributed by atoms with E-state index in [0.29, 0.717) is 18.8 Å². The highest BCUT2D eigenvalue weighted by Crippen LogP contribution is 2.40. The molecule has 3 heteroatoms. The van der Waals surface area contributed by atoms with Crippen LogP contribution in [0.3, 0.4) is 0 Å². The van der Waals surface area contributed by atoms with Gasteiger partial charge in [-0.1, -0.05) is 19.8 Å². The highest BCUT2D eigenvalue weighted by Gasteiger charge is 2.41. The third kappa shape index (κ3) is 3.20. The summed E-state index contributed by atoms with van der Waals surface area (Å²) in [6.07, 6.45) is 0.515. The molecule has 0 N–H and O–H groups in total. The van der Waals surface area contributed by atoms with E-state index in [1.54, 1.807) is 0 Å². The topological polar surface area (TPSA) is 0 Å². The Bertz CT molecular complexity index is 143. The predicted molar refractivity (Wildman–Crippen MR) is 46.4 cm³/mol. The summed E-state index contributed by atoms with van der Waals surface area (Å²) in [6, 6.07) is 0. The lowest BCUT2D eigenvalue weighted by Crippen LogP contribution is -2.27. The largest absolute Gasteiger partial charge is 0.391 e. The fourth-order valence-corrected chi connectivity index (χ4v) is 2.19. The third-order valence-electron chi connectivity index (χ3n) is 3.01. The molecule has 1 saturated carbocycles. The van der Waals surface area contributed by atoms with Crippen molar-refractivity contribution in [1.82, 2.24) is 0 Å². The molecule has 0 atom stereocenters.